The van der Waals surface area contributed by atoms with Crippen LogP contribution < -0.4 is 15.4 Å². The number of nitrogens with one attached hydrogen (secondary N) is 2. The number of aromatic carboxylic acids is 1. The second kappa shape index (κ2) is 14.4. The number of hydrogen-bond acceptors (Lipinski definition) is 6. The number of amides is 3. The molecule has 0 unspecified atom stereocenters. The molecule has 1 heterocycles. The highest BCUT2D eigenvalue weighted by Gasteiger charge is 2.31. The molecule has 4 N–H and O–H groups in total. The van der Waals surface area contributed by atoms with Gasteiger partial charge in [-0.3, -0.25) is 9.69 Å². The van der Waals surface area contributed by atoms with Crippen LogP contribution in [0.1, 0.15) is 35.3 Å². The van der Waals surface area contributed by atoms with Gasteiger partial charge in [0.15, 0.2) is 0 Å². The maximum Gasteiger partial charge on any atom is 0.335 e. The first-order valence-electron chi connectivity index (χ1n) is 15.4. The molecule has 46 heavy (non-hydrogen) atoms. The van der Waals surface area contributed by atoms with Crippen molar-refractivity contribution in [1.29, 1.82) is 0 Å². The molecule has 3 atom stereocenters. The highest BCUT2D eigenvalue weighted by atomic mass is 16.5. The van der Waals surface area contributed by atoms with E-state index in [9.17, 15) is 24.6 Å². The number of carbonyl (C=O) groups excluding carboxylic acids is 2. The van der Waals surface area contributed by atoms with Crippen molar-refractivity contribution in [3.63, 3.8) is 0 Å². The molecule has 0 bridgehead atoms. The Morgan fingerprint density at radius 3 is 2.50 bits per heavy atom. The number of nitrogens with zero attached hydrogens (tertiary/aromatic N) is 2. The Morgan fingerprint density at radius 1 is 1.02 bits per heavy atom. The number of carbonyl (C=O) groups is 3. The molecule has 0 aromatic heterocycles. The topological polar surface area (TPSA) is 131 Å². The number of carboxylic acids is 1. The second-order valence-corrected chi connectivity index (χ2v) is 12.0. The second-order valence-electron chi connectivity index (χ2n) is 12.0. The third kappa shape index (κ3) is 7.82. The smallest absolute Gasteiger partial charge is 0.335 e. The standard InChI is InChI=1S/C36H40N4O6/c1-23-19-40(24(2)22-41)34(42)18-28-17-29(37-36(45)38-31-10-6-8-26-7-4-5-9-30(26)31)15-16-32(28)46-33(23)21-39(3)20-25-11-13-27(14-12-25)35(43)44/h4-17,23-24,33,41H,18-22H2,1-3H3,(H,43,44)(H2,37,38,45)/t23-,24+,33-/m1/s1. The van der Waals surface area contributed by atoms with Crippen LogP contribution >= 0.6 is 0 Å². The Balaban J connectivity index is 1.36. The summed E-state index contributed by atoms with van der Waals surface area (Å²) in [5, 5.41) is 26.9. The Labute approximate surface area is 268 Å². The number of carboxylic acid groups (broad SMARTS) is 1. The van der Waals surface area contributed by atoms with Crippen molar-refractivity contribution in [3.8, 4) is 5.75 Å². The van der Waals surface area contributed by atoms with E-state index in [1.54, 1.807) is 47.4 Å². The summed E-state index contributed by atoms with van der Waals surface area (Å²) < 4.78 is 6.61. The summed E-state index contributed by atoms with van der Waals surface area (Å²) in [5.74, 6) is -0.623. The van der Waals surface area contributed by atoms with Crippen LogP contribution in [0.2, 0.25) is 0 Å². The first-order chi connectivity index (χ1) is 22.1. The monoisotopic (exact) mass is 624 g/mol. The van der Waals surface area contributed by atoms with E-state index < -0.39 is 12.0 Å². The lowest BCUT2D eigenvalue weighted by atomic mass is 10.0. The van der Waals surface area contributed by atoms with Crippen molar-refractivity contribution in [1.82, 2.24) is 9.80 Å². The molecule has 1 aliphatic rings. The minimum Gasteiger partial charge on any atom is -0.488 e. The van der Waals surface area contributed by atoms with E-state index in [0.29, 0.717) is 42.3 Å². The van der Waals surface area contributed by atoms with Crippen LogP contribution in [0.4, 0.5) is 16.2 Å². The predicted octanol–water partition coefficient (Wildman–Crippen LogP) is 5.46. The summed E-state index contributed by atoms with van der Waals surface area (Å²) in [5.41, 5.74) is 3.03. The van der Waals surface area contributed by atoms with Gasteiger partial charge in [0.1, 0.15) is 11.9 Å². The van der Waals surface area contributed by atoms with Crippen molar-refractivity contribution < 1.29 is 29.3 Å². The Bertz CT molecular complexity index is 1700. The molecular formula is C36H40N4O6. The fraction of sp³-hybridized carbons (Fsp3) is 0.306. The zero-order valence-electron chi connectivity index (χ0n) is 26.3. The van der Waals surface area contributed by atoms with Gasteiger partial charge >= 0.3 is 12.0 Å². The molecule has 1 aliphatic heterocycles. The maximum absolute atomic E-state index is 13.6. The summed E-state index contributed by atoms with van der Waals surface area (Å²) >= 11 is 0. The normalized spacial score (nSPS) is 17.3. The maximum atomic E-state index is 13.6. The third-order valence-electron chi connectivity index (χ3n) is 8.36. The number of hydrogen-bond donors (Lipinski definition) is 4. The number of benzene rings is 4. The summed E-state index contributed by atoms with van der Waals surface area (Å²) in [6, 6.07) is 24.8. The van der Waals surface area contributed by atoms with E-state index in [0.717, 1.165) is 16.3 Å². The number of aliphatic hydroxyl groups is 1. The van der Waals surface area contributed by atoms with Gasteiger partial charge in [0.05, 0.1) is 30.3 Å². The number of anilines is 2. The summed E-state index contributed by atoms with van der Waals surface area (Å²) in [6.45, 7) is 5.19. The summed E-state index contributed by atoms with van der Waals surface area (Å²) in [6.07, 6.45) is -0.263. The van der Waals surface area contributed by atoms with E-state index in [1.807, 2.05) is 63.4 Å². The highest BCUT2D eigenvalue weighted by Crippen LogP contribution is 2.30. The highest BCUT2D eigenvalue weighted by molar-refractivity contribution is 6.06. The number of urea groups is 1. The van der Waals surface area contributed by atoms with E-state index in [-0.39, 0.29) is 42.6 Å². The van der Waals surface area contributed by atoms with Crippen molar-refractivity contribution in [2.75, 3.05) is 37.4 Å². The zero-order chi connectivity index (χ0) is 32.8. The quantitative estimate of drug-likeness (QED) is 0.194. The molecule has 0 aliphatic carbocycles. The van der Waals surface area contributed by atoms with Crippen LogP contribution in [0.3, 0.4) is 0 Å². The molecule has 0 saturated heterocycles. The molecule has 0 radical (unpaired) electrons. The molecule has 3 amide bonds. The van der Waals surface area contributed by atoms with Gasteiger partial charge in [-0.1, -0.05) is 55.5 Å². The molecule has 0 fully saturated rings. The van der Waals surface area contributed by atoms with Gasteiger partial charge < -0.3 is 30.5 Å². The predicted molar refractivity (Wildman–Crippen MR) is 178 cm³/mol. The van der Waals surface area contributed by atoms with E-state index in [1.165, 1.54) is 0 Å². The molecule has 4 aromatic carbocycles. The molecule has 0 saturated carbocycles. The van der Waals surface area contributed by atoms with Gasteiger partial charge in [-0.05, 0) is 61.3 Å². The zero-order valence-corrected chi connectivity index (χ0v) is 26.3. The fourth-order valence-corrected chi connectivity index (χ4v) is 5.78. The Kier molecular flexibility index (Phi) is 10.2. The average Bonchev–Trinajstić information content (AvgIpc) is 3.08. The van der Waals surface area contributed by atoms with Gasteiger partial charge in [-0.15, -0.1) is 0 Å². The fourth-order valence-electron chi connectivity index (χ4n) is 5.78. The van der Waals surface area contributed by atoms with E-state index in [2.05, 4.69) is 15.5 Å². The summed E-state index contributed by atoms with van der Waals surface area (Å²) in [7, 11) is 1.97. The first kappa shape index (κ1) is 32.5. The van der Waals surface area contributed by atoms with Crippen LogP contribution in [-0.4, -0.2) is 76.8 Å². The van der Waals surface area contributed by atoms with Crippen molar-refractivity contribution >= 4 is 40.1 Å². The SMILES string of the molecule is C[C@@H]1CN([C@@H](C)CO)C(=O)Cc2cc(NC(=O)Nc3cccc4ccccc34)ccc2O[C@@H]1CN(C)Cc1ccc(C(=O)O)cc1. The van der Waals surface area contributed by atoms with Gasteiger partial charge in [-0.25, -0.2) is 9.59 Å². The minimum atomic E-state index is -0.966. The molecule has 0 spiro atoms. The number of rotatable bonds is 9. The van der Waals surface area contributed by atoms with Crippen LogP contribution in [0.25, 0.3) is 10.8 Å². The third-order valence-corrected chi connectivity index (χ3v) is 8.36. The number of likely N-dealkylation sites (N-methyl/N-ethyl adjacent to an activating group) is 1. The van der Waals surface area contributed by atoms with Gasteiger partial charge in [-0.2, -0.15) is 0 Å². The largest absolute Gasteiger partial charge is 0.488 e. The molecular weight excluding hydrogens is 584 g/mol. The van der Waals surface area contributed by atoms with Crippen molar-refractivity contribution in [2.24, 2.45) is 5.92 Å². The lowest BCUT2D eigenvalue weighted by Gasteiger charge is -2.34. The number of fused-ring (bicyclic) bond motifs is 2. The van der Waals surface area contributed by atoms with Crippen molar-refractivity contribution in [3.05, 3.63) is 102 Å². The van der Waals surface area contributed by atoms with Gasteiger partial charge in [0.25, 0.3) is 0 Å². The molecule has 10 nitrogen and oxygen atoms in total. The van der Waals surface area contributed by atoms with Crippen molar-refractivity contribution in [2.45, 2.75) is 39.0 Å². The van der Waals surface area contributed by atoms with Crippen LogP contribution in [-0.2, 0) is 17.8 Å². The van der Waals surface area contributed by atoms with Crippen LogP contribution in [0, 0.1) is 5.92 Å². The Morgan fingerprint density at radius 2 is 1.76 bits per heavy atom. The summed E-state index contributed by atoms with van der Waals surface area (Å²) in [4.78, 5) is 41.7. The van der Waals surface area contributed by atoms with Gasteiger partial charge in [0.2, 0.25) is 5.91 Å². The lowest BCUT2D eigenvalue weighted by molar-refractivity contribution is -0.134. The van der Waals surface area contributed by atoms with Crippen LogP contribution in [0.15, 0.2) is 84.9 Å². The van der Waals surface area contributed by atoms with Gasteiger partial charge in [0, 0.05) is 42.2 Å². The van der Waals surface area contributed by atoms with Crippen LogP contribution in [0.5, 0.6) is 5.75 Å². The first-order valence-corrected chi connectivity index (χ1v) is 15.4. The lowest BCUT2D eigenvalue weighted by Crippen LogP contribution is -2.47. The number of ether oxygens (including phenoxy) is 1. The Hall–Kier alpha value is -4.93. The molecule has 240 valence electrons. The van der Waals surface area contributed by atoms with E-state index >= 15 is 0 Å². The van der Waals surface area contributed by atoms with E-state index in [4.69, 9.17) is 4.74 Å². The number of aliphatic hydroxyl groups excluding tert-OH is 1. The average molecular weight is 625 g/mol. The molecule has 4 aromatic rings. The molecule has 10 heteroatoms. The molecule has 5 rings (SSSR count). The minimum absolute atomic E-state index is 0.0470.